The summed E-state index contributed by atoms with van der Waals surface area (Å²) in [5.41, 5.74) is 1.79. The Hall–Kier alpha value is -2.04. The second kappa shape index (κ2) is 5.53. The number of anilines is 1. The number of urea groups is 1. The Kier molecular flexibility index (Phi) is 3.97. The first-order valence-electron chi connectivity index (χ1n) is 6.83. The Balaban J connectivity index is 2.41. The van der Waals surface area contributed by atoms with E-state index in [2.05, 4.69) is 0 Å². The van der Waals surface area contributed by atoms with Gasteiger partial charge in [-0.3, -0.25) is 4.90 Å². The van der Waals surface area contributed by atoms with E-state index >= 15 is 0 Å². The molecule has 1 N–H and O–H groups in total. The van der Waals surface area contributed by atoms with Crippen molar-refractivity contribution in [1.82, 2.24) is 4.90 Å². The molecule has 0 saturated carbocycles. The van der Waals surface area contributed by atoms with Gasteiger partial charge >= 0.3 is 12.0 Å². The first kappa shape index (κ1) is 14.4. The van der Waals surface area contributed by atoms with Crippen LogP contribution in [0, 0.1) is 0 Å². The second-order valence-electron chi connectivity index (χ2n) is 5.35. The van der Waals surface area contributed by atoms with Crippen LogP contribution in [-0.2, 0) is 6.42 Å². The summed E-state index contributed by atoms with van der Waals surface area (Å²) in [6, 6.07) is 5.15. The molecule has 0 atom stereocenters. The van der Waals surface area contributed by atoms with Gasteiger partial charge in [-0.05, 0) is 44.4 Å². The van der Waals surface area contributed by atoms with Crippen LogP contribution in [0.2, 0.25) is 0 Å². The molecular weight excluding hydrogens is 256 g/mol. The van der Waals surface area contributed by atoms with Gasteiger partial charge in [0.1, 0.15) is 0 Å². The van der Waals surface area contributed by atoms with E-state index in [0.717, 1.165) is 17.7 Å². The summed E-state index contributed by atoms with van der Waals surface area (Å²) in [5.74, 6) is -0.937. The molecule has 5 nitrogen and oxygen atoms in total. The summed E-state index contributed by atoms with van der Waals surface area (Å²) in [7, 11) is 1.77. The second-order valence-corrected chi connectivity index (χ2v) is 5.35. The van der Waals surface area contributed by atoms with Crippen LogP contribution in [-0.4, -0.2) is 41.6 Å². The Bertz CT molecular complexity index is 540. The number of benzene rings is 1. The zero-order chi connectivity index (χ0) is 14.9. The van der Waals surface area contributed by atoms with E-state index in [1.165, 1.54) is 0 Å². The van der Waals surface area contributed by atoms with Crippen molar-refractivity contribution in [1.29, 1.82) is 0 Å². The first-order chi connectivity index (χ1) is 9.43. The molecule has 1 heterocycles. The van der Waals surface area contributed by atoms with Crippen LogP contribution in [0.1, 0.15) is 36.2 Å². The van der Waals surface area contributed by atoms with Gasteiger partial charge in [-0.15, -0.1) is 0 Å². The van der Waals surface area contributed by atoms with Crippen molar-refractivity contribution in [2.75, 3.05) is 18.5 Å². The molecule has 20 heavy (non-hydrogen) atoms. The summed E-state index contributed by atoms with van der Waals surface area (Å²) in [6.45, 7) is 4.54. The Morgan fingerprint density at radius 1 is 1.35 bits per heavy atom. The molecule has 0 bridgehead atoms. The number of carbonyl (C=O) groups excluding carboxylic acids is 1. The number of aromatic carboxylic acids is 1. The van der Waals surface area contributed by atoms with Gasteiger partial charge in [-0.1, -0.05) is 6.07 Å². The fourth-order valence-electron chi connectivity index (χ4n) is 2.43. The molecule has 0 unspecified atom stereocenters. The van der Waals surface area contributed by atoms with Crippen LogP contribution in [0.15, 0.2) is 18.2 Å². The summed E-state index contributed by atoms with van der Waals surface area (Å²) in [6.07, 6.45) is 1.49. The summed E-state index contributed by atoms with van der Waals surface area (Å²) in [4.78, 5) is 27.1. The molecule has 1 aliphatic heterocycles. The maximum absolute atomic E-state index is 12.5. The van der Waals surface area contributed by atoms with Crippen molar-refractivity contribution in [3.8, 4) is 0 Å². The summed E-state index contributed by atoms with van der Waals surface area (Å²) in [5, 5.41) is 9.25. The number of hydrogen-bond acceptors (Lipinski definition) is 2. The highest BCUT2D eigenvalue weighted by Gasteiger charge is 2.28. The van der Waals surface area contributed by atoms with E-state index in [9.17, 15) is 14.7 Å². The number of carbonyl (C=O) groups is 2. The topological polar surface area (TPSA) is 60.9 Å². The minimum atomic E-state index is -0.937. The van der Waals surface area contributed by atoms with Crippen LogP contribution >= 0.6 is 0 Å². The Morgan fingerprint density at radius 2 is 2.05 bits per heavy atom. The molecule has 1 aromatic rings. The molecule has 0 aliphatic carbocycles. The molecule has 0 saturated heterocycles. The predicted molar refractivity (Wildman–Crippen MR) is 77.4 cm³/mol. The van der Waals surface area contributed by atoms with Gasteiger partial charge in [0.25, 0.3) is 0 Å². The molecular formula is C15H20N2O3. The van der Waals surface area contributed by atoms with Gasteiger partial charge in [0.15, 0.2) is 0 Å². The maximum Gasteiger partial charge on any atom is 0.336 e. The molecule has 0 radical (unpaired) electrons. The van der Waals surface area contributed by atoms with Crippen molar-refractivity contribution < 1.29 is 14.7 Å². The maximum atomic E-state index is 12.5. The van der Waals surface area contributed by atoms with Gasteiger partial charge in [0.2, 0.25) is 0 Å². The smallest absolute Gasteiger partial charge is 0.336 e. The van der Waals surface area contributed by atoms with Crippen LogP contribution in [0.3, 0.4) is 0 Å². The average Bonchev–Trinajstić information content (AvgIpc) is 2.44. The first-order valence-corrected chi connectivity index (χ1v) is 6.83. The average molecular weight is 276 g/mol. The molecule has 0 aromatic heterocycles. The molecule has 5 heteroatoms. The van der Waals surface area contributed by atoms with Gasteiger partial charge in [-0.25, -0.2) is 9.59 Å². The predicted octanol–water partition coefficient (Wildman–Crippen LogP) is 2.60. The Morgan fingerprint density at radius 3 is 2.65 bits per heavy atom. The van der Waals surface area contributed by atoms with E-state index in [-0.39, 0.29) is 12.1 Å². The van der Waals surface area contributed by atoms with Gasteiger partial charge < -0.3 is 10.0 Å². The minimum absolute atomic E-state index is 0.0801. The van der Waals surface area contributed by atoms with Crippen LogP contribution in [0.5, 0.6) is 0 Å². The summed E-state index contributed by atoms with van der Waals surface area (Å²) < 4.78 is 0. The highest BCUT2D eigenvalue weighted by Crippen LogP contribution is 2.30. The quantitative estimate of drug-likeness (QED) is 0.903. The van der Waals surface area contributed by atoms with Crippen molar-refractivity contribution in [3.63, 3.8) is 0 Å². The third-order valence-electron chi connectivity index (χ3n) is 3.79. The lowest BCUT2D eigenvalue weighted by Crippen LogP contribution is -2.46. The summed E-state index contributed by atoms with van der Waals surface area (Å²) >= 11 is 0. The molecule has 2 rings (SSSR count). The fourth-order valence-corrected chi connectivity index (χ4v) is 2.43. The number of nitrogens with zero attached hydrogens (tertiary/aromatic N) is 2. The van der Waals surface area contributed by atoms with Gasteiger partial charge in [0.05, 0.1) is 5.56 Å². The van der Waals surface area contributed by atoms with Crippen molar-refractivity contribution in [2.24, 2.45) is 0 Å². The number of carboxylic acids is 1. The van der Waals surface area contributed by atoms with Crippen LogP contribution in [0.25, 0.3) is 0 Å². The van der Waals surface area contributed by atoms with E-state index < -0.39 is 5.97 Å². The zero-order valence-corrected chi connectivity index (χ0v) is 12.1. The third kappa shape index (κ3) is 2.48. The van der Waals surface area contributed by atoms with Gasteiger partial charge in [-0.2, -0.15) is 0 Å². The molecule has 0 spiro atoms. The minimum Gasteiger partial charge on any atom is -0.478 e. The molecule has 1 aliphatic rings. The Labute approximate surface area is 118 Å². The molecule has 0 fully saturated rings. The van der Waals surface area contributed by atoms with Gasteiger partial charge in [0, 0.05) is 25.3 Å². The number of fused-ring (bicyclic) bond motifs is 1. The number of rotatable bonds is 2. The van der Waals surface area contributed by atoms with Crippen LogP contribution in [0.4, 0.5) is 10.5 Å². The third-order valence-corrected chi connectivity index (χ3v) is 3.79. The highest BCUT2D eigenvalue weighted by atomic mass is 16.4. The zero-order valence-electron chi connectivity index (χ0n) is 12.1. The lowest BCUT2D eigenvalue weighted by atomic mass is 9.96. The lowest BCUT2D eigenvalue weighted by Gasteiger charge is -2.34. The van der Waals surface area contributed by atoms with Crippen molar-refractivity contribution in [2.45, 2.75) is 32.7 Å². The normalized spacial score (nSPS) is 14.1. The standard InChI is InChI=1S/C15H20N2O3/c1-10(2)16(3)15(20)17-9-5-7-11-12(14(18)19)6-4-8-13(11)17/h4,6,8,10H,5,7,9H2,1-3H3,(H,18,19). The van der Waals surface area contributed by atoms with E-state index in [0.29, 0.717) is 18.5 Å². The number of hydrogen-bond donors (Lipinski definition) is 1. The SMILES string of the molecule is CC(C)N(C)C(=O)N1CCCc2c(C(=O)O)cccc21. The largest absolute Gasteiger partial charge is 0.478 e. The number of amides is 2. The monoisotopic (exact) mass is 276 g/mol. The lowest BCUT2D eigenvalue weighted by molar-refractivity contribution is 0.0695. The fraction of sp³-hybridized carbons (Fsp3) is 0.467. The van der Waals surface area contributed by atoms with E-state index in [4.69, 9.17) is 0 Å². The van der Waals surface area contributed by atoms with Crippen molar-refractivity contribution >= 4 is 17.7 Å². The van der Waals surface area contributed by atoms with Crippen molar-refractivity contribution in [3.05, 3.63) is 29.3 Å². The number of carboxylic acid groups (broad SMARTS) is 1. The van der Waals surface area contributed by atoms with E-state index in [1.807, 2.05) is 19.9 Å². The molecule has 108 valence electrons. The molecule has 1 aromatic carbocycles. The molecule has 2 amide bonds. The van der Waals surface area contributed by atoms with Crippen LogP contribution < -0.4 is 4.90 Å². The van der Waals surface area contributed by atoms with E-state index in [1.54, 1.807) is 29.0 Å². The highest BCUT2D eigenvalue weighted by molar-refractivity contribution is 5.97.